The van der Waals surface area contributed by atoms with Gasteiger partial charge in [0.1, 0.15) is 5.60 Å². The molecule has 0 aliphatic heterocycles. The number of hydrogen-bond acceptors (Lipinski definition) is 2. The first-order chi connectivity index (χ1) is 4.87. The molecule has 0 heterocycles. The second-order valence-electron chi connectivity index (χ2n) is 3.84. The van der Waals surface area contributed by atoms with Crippen molar-refractivity contribution < 1.29 is 4.74 Å². The molecule has 0 aliphatic rings. The van der Waals surface area contributed by atoms with E-state index in [0.29, 0.717) is 5.92 Å². The van der Waals surface area contributed by atoms with Gasteiger partial charge >= 0.3 is 0 Å². The third kappa shape index (κ3) is 5.19. The van der Waals surface area contributed by atoms with Gasteiger partial charge in [0, 0.05) is 5.92 Å². The molecular formula is C9H18OS. The smallest absolute Gasteiger partial charge is 0.163 e. The molecule has 0 saturated carbocycles. The molecule has 1 atom stereocenters. The van der Waals surface area contributed by atoms with Crippen LogP contribution in [0, 0.1) is 5.92 Å². The maximum Gasteiger partial charge on any atom is 0.163 e. The van der Waals surface area contributed by atoms with Gasteiger partial charge in [0.05, 0.1) is 0 Å². The maximum atomic E-state index is 5.52. The highest BCUT2D eigenvalue weighted by Crippen LogP contribution is 2.14. The summed E-state index contributed by atoms with van der Waals surface area (Å²) in [4.78, 5) is 0. The SMILES string of the molecule is CCC(C)C(=S)OC(C)(C)C. The van der Waals surface area contributed by atoms with Gasteiger partial charge in [-0.15, -0.1) is 0 Å². The number of thiocarbonyl (C=S) groups is 1. The van der Waals surface area contributed by atoms with Crippen LogP contribution in [0.15, 0.2) is 0 Å². The van der Waals surface area contributed by atoms with Crippen LogP contribution in [0.4, 0.5) is 0 Å². The van der Waals surface area contributed by atoms with Crippen LogP contribution >= 0.6 is 12.2 Å². The van der Waals surface area contributed by atoms with Gasteiger partial charge < -0.3 is 4.74 Å². The minimum Gasteiger partial charge on any atom is -0.481 e. The summed E-state index contributed by atoms with van der Waals surface area (Å²) in [6.07, 6.45) is 1.05. The van der Waals surface area contributed by atoms with Crippen molar-refractivity contribution in [2.75, 3.05) is 0 Å². The predicted molar refractivity (Wildman–Crippen MR) is 52.9 cm³/mol. The van der Waals surface area contributed by atoms with Crippen LogP contribution in [-0.2, 0) is 4.74 Å². The highest BCUT2D eigenvalue weighted by atomic mass is 32.1. The van der Waals surface area contributed by atoms with Gasteiger partial charge in [-0.05, 0) is 39.4 Å². The summed E-state index contributed by atoms with van der Waals surface area (Å²) in [5.74, 6) is 0.393. The van der Waals surface area contributed by atoms with Crippen molar-refractivity contribution in [2.24, 2.45) is 5.92 Å². The van der Waals surface area contributed by atoms with Gasteiger partial charge in [-0.3, -0.25) is 0 Å². The van der Waals surface area contributed by atoms with Crippen molar-refractivity contribution in [1.29, 1.82) is 0 Å². The van der Waals surface area contributed by atoms with Gasteiger partial charge in [-0.2, -0.15) is 0 Å². The second-order valence-corrected chi connectivity index (χ2v) is 4.25. The van der Waals surface area contributed by atoms with E-state index in [9.17, 15) is 0 Å². The van der Waals surface area contributed by atoms with Crippen LogP contribution in [0.2, 0.25) is 0 Å². The molecule has 0 fully saturated rings. The third-order valence-corrected chi connectivity index (χ3v) is 1.91. The van der Waals surface area contributed by atoms with Crippen LogP contribution in [0.1, 0.15) is 41.0 Å². The van der Waals surface area contributed by atoms with E-state index in [-0.39, 0.29) is 5.60 Å². The zero-order valence-electron chi connectivity index (χ0n) is 8.10. The molecule has 0 aliphatic carbocycles. The molecule has 0 radical (unpaired) electrons. The lowest BCUT2D eigenvalue weighted by Gasteiger charge is -2.24. The highest BCUT2D eigenvalue weighted by molar-refractivity contribution is 7.80. The van der Waals surface area contributed by atoms with Crippen LogP contribution < -0.4 is 0 Å². The fourth-order valence-corrected chi connectivity index (χ4v) is 0.986. The Labute approximate surface area is 75.1 Å². The normalized spacial score (nSPS) is 14.3. The van der Waals surface area contributed by atoms with Gasteiger partial charge in [-0.25, -0.2) is 0 Å². The van der Waals surface area contributed by atoms with E-state index in [1.54, 1.807) is 0 Å². The van der Waals surface area contributed by atoms with Gasteiger partial charge in [0.2, 0.25) is 0 Å². The van der Waals surface area contributed by atoms with Gasteiger partial charge in [0.25, 0.3) is 0 Å². The Morgan fingerprint density at radius 1 is 1.45 bits per heavy atom. The summed E-state index contributed by atoms with van der Waals surface area (Å²) in [5.41, 5.74) is -0.138. The standard InChI is InChI=1S/C9H18OS/c1-6-7(2)8(11)10-9(3,4)5/h7H,6H2,1-5H3. The molecule has 0 aromatic rings. The Balaban J connectivity index is 3.88. The first-order valence-corrected chi connectivity index (χ1v) is 4.50. The zero-order chi connectivity index (χ0) is 9.07. The predicted octanol–water partition coefficient (Wildman–Crippen LogP) is 3.18. The van der Waals surface area contributed by atoms with Crippen molar-refractivity contribution in [3.05, 3.63) is 0 Å². The Morgan fingerprint density at radius 3 is 2.18 bits per heavy atom. The van der Waals surface area contributed by atoms with Crippen molar-refractivity contribution in [3.63, 3.8) is 0 Å². The van der Waals surface area contributed by atoms with Gasteiger partial charge in [-0.1, -0.05) is 13.8 Å². The average Bonchev–Trinajstić information content (AvgIpc) is 1.82. The fourth-order valence-electron chi connectivity index (χ4n) is 0.569. The third-order valence-electron chi connectivity index (χ3n) is 1.42. The Hall–Kier alpha value is -0.110. The lowest BCUT2D eigenvalue weighted by atomic mass is 10.1. The number of rotatable bonds is 2. The summed E-state index contributed by atoms with van der Waals surface area (Å²) in [7, 11) is 0. The molecule has 1 unspecified atom stereocenters. The molecule has 1 nitrogen and oxygen atoms in total. The van der Waals surface area contributed by atoms with E-state index < -0.39 is 0 Å². The summed E-state index contributed by atoms with van der Waals surface area (Å²) in [6, 6.07) is 0. The Bertz CT molecular complexity index is 135. The van der Waals surface area contributed by atoms with Crippen molar-refractivity contribution >= 4 is 17.3 Å². The minimum atomic E-state index is -0.138. The van der Waals surface area contributed by atoms with E-state index in [2.05, 4.69) is 13.8 Å². The molecule has 0 aromatic heterocycles. The second kappa shape index (κ2) is 4.05. The fraction of sp³-hybridized carbons (Fsp3) is 0.889. The largest absolute Gasteiger partial charge is 0.481 e. The van der Waals surface area contributed by atoms with E-state index in [1.807, 2.05) is 20.8 Å². The molecule has 0 N–H and O–H groups in total. The molecule has 0 rings (SSSR count). The quantitative estimate of drug-likeness (QED) is 0.595. The zero-order valence-corrected chi connectivity index (χ0v) is 8.92. The minimum absolute atomic E-state index is 0.138. The summed E-state index contributed by atoms with van der Waals surface area (Å²) in [5, 5.41) is 0.736. The van der Waals surface area contributed by atoms with E-state index >= 15 is 0 Å². The van der Waals surface area contributed by atoms with Crippen molar-refractivity contribution in [2.45, 2.75) is 46.6 Å². The lowest BCUT2D eigenvalue weighted by Crippen LogP contribution is -2.26. The molecule has 2 heteroatoms. The first-order valence-electron chi connectivity index (χ1n) is 4.09. The maximum absolute atomic E-state index is 5.52. The molecular weight excluding hydrogens is 156 g/mol. The molecule has 0 saturated heterocycles. The Kier molecular flexibility index (Phi) is 4.01. The molecule has 66 valence electrons. The van der Waals surface area contributed by atoms with E-state index in [0.717, 1.165) is 11.5 Å². The summed E-state index contributed by atoms with van der Waals surface area (Å²) >= 11 is 5.10. The van der Waals surface area contributed by atoms with Crippen molar-refractivity contribution in [1.82, 2.24) is 0 Å². The first kappa shape index (κ1) is 10.9. The van der Waals surface area contributed by atoms with E-state index in [1.165, 1.54) is 0 Å². The van der Waals surface area contributed by atoms with Crippen LogP contribution in [0.3, 0.4) is 0 Å². The summed E-state index contributed by atoms with van der Waals surface area (Å²) in [6.45, 7) is 10.3. The van der Waals surface area contributed by atoms with Crippen LogP contribution in [-0.4, -0.2) is 10.7 Å². The molecule has 0 amide bonds. The average molecular weight is 174 g/mol. The lowest BCUT2D eigenvalue weighted by molar-refractivity contribution is 0.112. The molecule has 0 spiro atoms. The molecule has 11 heavy (non-hydrogen) atoms. The molecule has 0 aromatic carbocycles. The summed E-state index contributed by atoms with van der Waals surface area (Å²) < 4.78 is 5.52. The highest BCUT2D eigenvalue weighted by Gasteiger charge is 2.16. The molecule has 0 bridgehead atoms. The number of ether oxygens (including phenoxy) is 1. The monoisotopic (exact) mass is 174 g/mol. The number of hydrogen-bond donors (Lipinski definition) is 0. The van der Waals surface area contributed by atoms with Gasteiger partial charge in [0.15, 0.2) is 5.05 Å². The topological polar surface area (TPSA) is 9.23 Å². The van der Waals surface area contributed by atoms with Crippen LogP contribution in [0.25, 0.3) is 0 Å². The Morgan fingerprint density at radius 2 is 1.91 bits per heavy atom. The van der Waals surface area contributed by atoms with Crippen LogP contribution in [0.5, 0.6) is 0 Å². The van der Waals surface area contributed by atoms with Crippen molar-refractivity contribution in [3.8, 4) is 0 Å². The van der Waals surface area contributed by atoms with E-state index in [4.69, 9.17) is 17.0 Å².